The molecule has 0 saturated carbocycles. The Morgan fingerprint density at radius 2 is 1.88 bits per heavy atom. The lowest BCUT2D eigenvalue weighted by atomic mass is 10.1. The topological polar surface area (TPSA) is 91.9 Å². The molecule has 1 aliphatic rings. The van der Waals surface area contributed by atoms with Crippen molar-refractivity contribution >= 4 is 21.6 Å². The number of halogens is 1. The first kappa shape index (κ1) is 16.7. The molecule has 2 heterocycles. The molecule has 2 aromatic carbocycles. The third-order valence-electron chi connectivity index (χ3n) is 4.23. The monoisotopic (exact) mass is 385 g/mol. The number of nitrogens with zero attached hydrogens (tertiary/aromatic N) is 5. The van der Waals surface area contributed by atoms with Crippen molar-refractivity contribution in [3.8, 4) is 11.8 Å². The van der Waals surface area contributed by atoms with Crippen LogP contribution >= 0.6 is 11.6 Å². The predicted octanol–water partition coefficient (Wildman–Crippen LogP) is 2.69. The van der Waals surface area contributed by atoms with Gasteiger partial charge >= 0.3 is 0 Å². The van der Waals surface area contributed by atoms with E-state index in [1.54, 1.807) is 22.9 Å². The molecule has 0 N–H and O–H groups in total. The molecule has 4 rings (SSSR count). The fourth-order valence-electron chi connectivity index (χ4n) is 2.98. The molecule has 7 nitrogen and oxygen atoms in total. The van der Waals surface area contributed by atoms with Gasteiger partial charge in [-0.2, -0.15) is 9.57 Å². The van der Waals surface area contributed by atoms with Crippen LogP contribution in [0.4, 0.5) is 0 Å². The molecule has 0 fully saturated rings. The van der Waals surface area contributed by atoms with E-state index in [0.717, 1.165) is 4.31 Å². The van der Waals surface area contributed by atoms with Gasteiger partial charge in [0.25, 0.3) is 0 Å². The highest BCUT2D eigenvalue weighted by molar-refractivity contribution is 7.89. The van der Waals surface area contributed by atoms with Crippen molar-refractivity contribution in [2.24, 2.45) is 0 Å². The zero-order valence-electron chi connectivity index (χ0n) is 13.3. The number of aromatic nitrogens is 3. The summed E-state index contributed by atoms with van der Waals surface area (Å²) in [4.78, 5) is 0.0700. The summed E-state index contributed by atoms with van der Waals surface area (Å²) in [7, 11) is -3.94. The molecule has 1 unspecified atom stereocenters. The summed E-state index contributed by atoms with van der Waals surface area (Å²) in [6.07, 6.45) is 1.50. The van der Waals surface area contributed by atoms with E-state index in [9.17, 15) is 13.7 Å². The number of para-hydroxylation sites is 1. The van der Waals surface area contributed by atoms with Gasteiger partial charge in [-0.3, -0.25) is 0 Å². The first-order valence-corrected chi connectivity index (χ1v) is 9.50. The summed E-state index contributed by atoms with van der Waals surface area (Å²) in [5, 5.41) is 18.1. The lowest BCUT2D eigenvalue weighted by molar-refractivity contribution is 0.368. The van der Waals surface area contributed by atoms with E-state index in [1.165, 1.54) is 30.5 Å². The van der Waals surface area contributed by atoms with Gasteiger partial charge in [0.1, 0.15) is 6.04 Å². The molecule has 1 atom stereocenters. The van der Waals surface area contributed by atoms with Crippen molar-refractivity contribution in [1.29, 1.82) is 5.26 Å². The molecule has 0 radical (unpaired) electrons. The fraction of sp³-hybridized carbons (Fsp3) is 0.118. The first-order chi connectivity index (χ1) is 12.5. The molecule has 26 heavy (non-hydrogen) atoms. The molecule has 3 aromatic rings. The zero-order chi connectivity index (χ0) is 18.3. The summed E-state index contributed by atoms with van der Waals surface area (Å²) in [5.41, 5.74) is 1.77. The average molecular weight is 386 g/mol. The van der Waals surface area contributed by atoms with Crippen LogP contribution < -0.4 is 0 Å². The van der Waals surface area contributed by atoms with Crippen LogP contribution in [-0.4, -0.2) is 27.7 Å². The van der Waals surface area contributed by atoms with Gasteiger partial charge in [0, 0.05) is 10.6 Å². The smallest absolute Gasteiger partial charge is 0.216 e. The molecule has 0 aliphatic carbocycles. The second kappa shape index (κ2) is 6.21. The van der Waals surface area contributed by atoms with Gasteiger partial charge in [-0.05, 0) is 30.3 Å². The Bertz CT molecular complexity index is 1120. The van der Waals surface area contributed by atoms with E-state index in [2.05, 4.69) is 16.4 Å². The standard InChI is InChI=1S/C17H12ClN5O2S/c18-12-5-7-14(8-6-12)26(24,25)22-11-13-10-20-21-23(13)16-4-2-1-3-15(16)17(22)9-19/h1-8,10,17H,11H2. The molecule has 1 aromatic heterocycles. The Balaban J connectivity index is 1.92. The zero-order valence-corrected chi connectivity index (χ0v) is 14.9. The van der Waals surface area contributed by atoms with Crippen LogP contribution in [0.15, 0.2) is 59.6 Å². The molecular weight excluding hydrogens is 374 g/mol. The van der Waals surface area contributed by atoms with Crippen LogP contribution in [0.25, 0.3) is 5.69 Å². The highest BCUT2D eigenvalue weighted by Gasteiger charge is 2.37. The normalized spacial score (nSPS) is 17.0. The summed E-state index contributed by atoms with van der Waals surface area (Å²) in [5.74, 6) is 0. The van der Waals surface area contributed by atoms with Crippen LogP contribution in [0.1, 0.15) is 17.3 Å². The highest BCUT2D eigenvalue weighted by Crippen LogP contribution is 2.35. The minimum absolute atomic E-state index is 0.0229. The van der Waals surface area contributed by atoms with E-state index in [1.807, 2.05) is 6.07 Å². The molecule has 9 heteroatoms. The maximum Gasteiger partial charge on any atom is 0.244 e. The Labute approximate surface area is 155 Å². The van der Waals surface area contributed by atoms with E-state index >= 15 is 0 Å². The summed E-state index contributed by atoms with van der Waals surface area (Å²) < 4.78 is 29.2. The second-order valence-electron chi connectivity index (χ2n) is 5.73. The predicted molar refractivity (Wildman–Crippen MR) is 93.9 cm³/mol. The van der Waals surface area contributed by atoms with Gasteiger partial charge in [-0.25, -0.2) is 13.1 Å². The van der Waals surface area contributed by atoms with Crippen LogP contribution in [0, 0.1) is 11.3 Å². The van der Waals surface area contributed by atoms with Crippen LogP contribution in [0.2, 0.25) is 5.02 Å². The quantitative estimate of drug-likeness (QED) is 0.676. The van der Waals surface area contributed by atoms with Crippen LogP contribution in [0.5, 0.6) is 0 Å². The average Bonchev–Trinajstić information content (AvgIpc) is 3.05. The summed E-state index contributed by atoms with van der Waals surface area (Å²) in [6.45, 7) is -0.0229. The Morgan fingerprint density at radius 1 is 1.15 bits per heavy atom. The lowest BCUT2D eigenvalue weighted by Gasteiger charge is -2.24. The van der Waals surface area contributed by atoms with Gasteiger partial charge in [-0.15, -0.1) is 5.10 Å². The number of fused-ring (bicyclic) bond motifs is 3. The van der Waals surface area contributed by atoms with Crippen molar-refractivity contribution in [3.05, 3.63) is 71.0 Å². The number of benzene rings is 2. The van der Waals surface area contributed by atoms with E-state index < -0.39 is 16.1 Å². The molecule has 1 aliphatic heterocycles. The van der Waals surface area contributed by atoms with E-state index in [-0.39, 0.29) is 11.4 Å². The molecule has 0 spiro atoms. The third kappa shape index (κ3) is 2.57. The van der Waals surface area contributed by atoms with Crippen molar-refractivity contribution in [3.63, 3.8) is 0 Å². The minimum Gasteiger partial charge on any atom is -0.216 e. The second-order valence-corrected chi connectivity index (χ2v) is 8.06. The molecule has 130 valence electrons. The van der Waals surface area contributed by atoms with Gasteiger partial charge in [0.05, 0.1) is 35.1 Å². The van der Waals surface area contributed by atoms with Gasteiger partial charge in [-0.1, -0.05) is 35.0 Å². The number of hydrogen-bond acceptors (Lipinski definition) is 5. The molecule has 0 saturated heterocycles. The van der Waals surface area contributed by atoms with Gasteiger partial charge in [0.2, 0.25) is 10.0 Å². The van der Waals surface area contributed by atoms with Gasteiger partial charge < -0.3 is 0 Å². The number of sulfonamides is 1. The van der Waals surface area contributed by atoms with Crippen molar-refractivity contribution in [2.75, 3.05) is 0 Å². The summed E-state index contributed by atoms with van der Waals surface area (Å²) in [6, 6.07) is 14.1. The number of nitriles is 1. The number of rotatable bonds is 2. The maximum absolute atomic E-state index is 13.2. The van der Waals surface area contributed by atoms with Crippen LogP contribution in [0.3, 0.4) is 0 Å². The summed E-state index contributed by atoms with van der Waals surface area (Å²) >= 11 is 5.87. The largest absolute Gasteiger partial charge is 0.244 e. The first-order valence-electron chi connectivity index (χ1n) is 7.68. The van der Waals surface area contributed by atoms with E-state index in [4.69, 9.17) is 11.6 Å². The molecule has 0 amide bonds. The molecule has 0 bridgehead atoms. The molecular formula is C17H12ClN5O2S. The van der Waals surface area contributed by atoms with Crippen molar-refractivity contribution in [1.82, 2.24) is 19.3 Å². The van der Waals surface area contributed by atoms with Crippen LogP contribution in [-0.2, 0) is 16.6 Å². The fourth-order valence-corrected chi connectivity index (χ4v) is 4.60. The third-order valence-corrected chi connectivity index (χ3v) is 6.30. The number of hydrogen-bond donors (Lipinski definition) is 0. The minimum atomic E-state index is -3.94. The maximum atomic E-state index is 13.2. The lowest BCUT2D eigenvalue weighted by Crippen LogP contribution is -2.33. The van der Waals surface area contributed by atoms with Crippen molar-refractivity contribution < 1.29 is 8.42 Å². The van der Waals surface area contributed by atoms with Crippen molar-refractivity contribution in [2.45, 2.75) is 17.5 Å². The Kier molecular flexibility index (Phi) is 4.00. The SMILES string of the molecule is N#CC1c2ccccc2-n2nncc2CN1S(=O)(=O)c1ccc(Cl)cc1. The van der Waals surface area contributed by atoms with Gasteiger partial charge in [0.15, 0.2) is 0 Å². The van der Waals surface area contributed by atoms with E-state index in [0.29, 0.717) is 22.0 Å². The Morgan fingerprint density at radius 3 is 2.62 bits per heavy atom. The highest BCUT2D eigenvalue weighted by atomic mass is 35.5. The Hall–Kier alpha value is -2.73.